The largest absolute Gasteiger partial charge is 0.472 e. The molecule has 0 atom stereocenters. The Balaban J connectivity index is 2.15. The molecule has 0 bridgehead atoms. The van der Waals surface area contributed by atoms with Crippen LogP contribution in [0.15, 0.2) is 48.6 Å². The summed E-state index contributed by atoms with van der Waals surface area (Å²) in [4.78, 5) is 0. The van der Waals surface area contributed by atoms with Gasteiger partial charge >= 0.3 is 0 Å². The van der Waals surface area contributed by atoms with Gasteiger partial charge in [-0.05, 0) is 50.1 Å². The standard InChI is InChI=1S/C11H8Br3NO/c12-8-3-9(13)11(10(14)4-8)15-5-7-1-2-16-6-7/h1-4,6,15H,5H2. The number of furan rings is 1. The predicted molar refractivity (Wildman–Crippen MR) is 75.6 cm³/mol. The Morgan fingerprint density at radius 2 is 1.81 bits per heavy atom. The lowest BCUT2D eigenvalue weighted by Gasteiger charge is -2.10. The predicted octanol–water partition coefficient (Wildman–Crippen LogP) is 5.18. The number of nitrogens with one attached hydrogen (secondary N) is 1. The van der Waals surface area contributed by atoms with Crippen LogP contribution in [0.3, 0.4) is 0 Å². The first kappa shape index (κ1) is 12.2. The fraction of sp³-hybridized carbons (Fsp3) is 0.0909. The first-order valence-electron chi connectivity index (χ1n) is 4.56. The maximum Gasteiger partial charge on any atom is 0.0952 e. The molecule has 0 radical (unpaired) electrons. The van der Waals surface area contributed by atoms with Crippen LogP contribution in [-0.4, -0.2) is 0 Å². The van der Waals surface area contributed by atoms with Gasteiger partial charge in [-0.15, -0.1) is 0 Å². The lowest BCUT2D eigenvalue weighted by molar-refractivity contribution is 0.564. The van der Waals surface area contributed by atoms with E-state index in [4.69, 9.17) is 4.42 Å². The fourth-order valence-corrected chi connectivity index (χ4v) is 3.83. The van der Waals surface area contributed by atoms with E-state index in [0.717, 1.165) is 31.2 Å². The van der Waals surface area contributed by atoms with E-state index < -0.39 is 0 Å². The van der Waals surface area contributed by atoms with E-state index in [-0.39, 0.29) is 0 Å². The molecule has 1 aromatic heterocycles. The quantitative estimate of drug-likeness (QED) is 0.755. The Labute approximate surface area is 119 Å². The molecule has 0 unspecified atom stereocenters. The Morgan fingerprint density at radius 1 is 1.12 bits per heavy atom. The molecule has 0 aliphatic rings. The van der Waals surface area contributed by atoms with Crippen molar-refractivity contribution in [3.05, 3.63) is 49.7 Å². The molecule has 0 aliphatic heterocycles. The number of rotatable bonds is 3. The fourth-order valence-electron chi connectivity index (χ4n) is 1.29. The summed E-state index contributed by atoms with van der Waals surface area (Å²) in [6, 6.07) is 5.94. The van der Waals surface area contributed by atoms with Gasteiger partial charge in [0.15, 0.2) is 0 Å². The minimum atomic E-state index is 0.731. The lowest BCUT2D eigenvalue weighted by Crippen LogP contribution is -1.99. The Kier molecular flexibility index (Phi) is 4.10. The van der Waals surface area contributed by atoms with E-state index in [1.165, 1.54) is 0 Å². The van der Waals surface area contributed by atoms with Crippen LogP contribution >= 0.6 is 47.8 Å². The third-order valence-corrected chi connectivity index (χ3v) is 3.76. The van der Waals surface area contributed by atoms with E-state index in [1.807, 2.05) is 18.2 Å². The van der Waals surface area contributed by atoms with Crippen molar-refractivity contribution in [2.45, 2.75) is 6.54 Å². The van der Waals surface area contributed by atoms with Gasteiger partial charge in [-0.25, -0.2) is 0 Å². The SMILES string of the molecule is Brc1cc(Br)c(NCc2ccoc2)c(Br)c1. The topological polar surface area (TPSA) is 25.2 Å². The zero-order chi connectivity index (χ0) is 11.5. The summed E-state index contributed by atoms with van der Waals surface area (Å²) in [5, 5.41) is 3.34. The van der Waals surface area contributed by atoms with E-state index in [2.05, 4.69) is 53.1 Å². The number of anilines is 1. The van der Waals surface area contributed by atoms with Crippen molar-refractivity contribution in [3.8, 4) is 0 Å². The molecule has 1 heterocycles. The highest BCUT2D eigenvalue weighted by Gasteiger charge is 2.06. The first-order chi connectivity index (χ1) is 7.66. The summed E-state index contributed by atoms with van der Waals surface area (Å²) in [5.41, 5.74) is 2.14. The molecule has 0 amide bonds. The molecule has 2 nitrogen and oxygen atoms in total. The highest BCUT2D eigenvalue weighted by atomic mass is 79.9. The molecule has 5 heteroatoms. The maximum atomic E-state index is 5.01. The Morgan fingerprint density at radius 3 is 2.38 bits per heavy atom. The smallest absolute Gasteiger partial charge is 0.0952 e. The maximum absolute atomic E-state index is 5.01. The van der Waals surface area contributed by atoms with Crippen LogP contribution < -0.4 is 5.32 Å². The summed E-state index contributed by atoms with van der Waals surface area (Å²) in [5.74, 6) is 0. The van der Waals surface area contributed by atoms with Gasteiger partial charge in [0.1, 0.15) is 0 Å². The van der Waals surface area contributed by atoms with E-state index >= 15 is 0 Å². The van der Waals surface area contributed by atoms with E-state index in [9.17, 15) is 0 Å². The zero-order valence-electron chi connectivity index (χ0n) is 8.14. The van der Waals surface area contributed by atoms with Gasteiger partial charge in [0.2, 0.25) is 0 Å². The van der Waals surface area contributed by atoms with Gasteiger partial charge in [0.05, 0.1) is 18.2 Å². The van der Waals surface area contributed by atoms with Crippen LogP contribution in [-0.2, 0) is 6.54 Å². The number of hydrogen-bond acceptors (Lipinski definition) is 2. The molecule has 0 aliphatic carbocycles. The molecule has 1 aromatic carbocycles. The normalized spacial score (nSPS) is 10.4. The highest BCUT2D eigenvalue weighted by Crippen LogP contribution is 2.34. The summed E-state index contributed by atoms with van der Waals surface area (Å²) >= 11 is 10.5. The molecular weight excluding hydrogens is 402 g/mol. The third kappa shape index (κ3) is 2.90. The van der Waals surface area contributed by atoms with Crippen molar-refractivity contribution in [1.29, 1.82) is 0 Å². The minimum absolute atomic E-state index is 0.731. The summed E-state index contributed by atoms with van der Waals surface area (Å²) in [7, 11) is 0. The van der Waals surface area contributed by atoms with Crippen LogP contribution in [0.2, 0.25) is 0 Å². The number of hydrogen-bond donors (Lipinski definition) is 1. The molecule has 1 N–H and O–H groups in total. The molecule has 0 saturated heterocycles. The summed E-state index contributed by atoms with van der Waals surface area (Å²) in [6.07, 6.45) is 3.40. The van der Waals surface area contributed by atoms with E-state index in [0.29, 0.717) is 0 Å². The molecule has 2 aromatic rings. The number of benzene rings is 1. The molecule has 0 fully saturated rings. The average Bonchev–Trinajstić information content (AvgIpc) is 2.68. The summed E-state index contributed by atoms with van der Waals surface area (Å²) in [6.45, 7) is 0.731. The molecule has 2 rings (SSSR count). The van der Waals surface area contributed by atoms with Gasteiger partial charge in [-0.3, -0.25) is 0 Å². The zero-order valence-corrected chi connectivity index (χ0v) is 12.9. The molecule has 84 valence electrons. The summed E-state index contributed by atoms with van der Waals surface area (Å²) < 4.78 is 8.06. The van der Waals surface area contributed by atoms with E-state index in [1.54, 1.807) is 12.5 Å². The lowest BCUT2D eigenvalue weighted by atomic mass is 10.3. The van der Waals surface area contributed by atoms with Crippen molar-refractivity contribution in [2.75, 3.05) is 5.32 Å². The van der Waals surface area contributed by atoms with Crippen molar-refractivity contribution >= 4 is 53.5 Å². The van der Waals surface area contributed by atoms with Gasteiger partial charge in [-0.2, -0.15) is 0 Å². The van der Waals surface area contributed by atoms with Crippen LogP contribution in [0.25, 0.3) is 0 Å². The van der Waals surface area contributed by atoms with Crippen molar-refractivity contribution in [2.24, 2.45) is 0 Å². The van der Waals surface area contributed by atoms with Gasteiger partial charge in [0, 0.05) is 25.5 Å². The molecule has 0 spiro atoms. The Hall–Kier alpha value is -0.260. The van der Waals surface area contributed by atoms with Crippen molar-refractivity contribution in [1.82, 2.24) is 0 Å². The number of halogens is 3. The van der Waals surface area contributed by atoms with Gasteiger partial charge < -0.3 is 9.73 Å². The molecule has 0 saturated carbocycles. The van der Waals surface area contributed by atoms with Crippen LogP contribution in [0.5, 0.6) is 0 Å². The second-order valence-corrected chi connectivity index (χ2v) is 5.85. The van der Waals surface area contributed by atoms with Crippen molar-refractivity contribution in [3.63, 3.8) is 0 Å². The average molecular weight is 410 g/mol. The second-order valence-electron chi connectivity index (χ2n) is 3.23. The van der Waals surface area contributed by atoms with Gasteiger partial charge in [-0.1, -0.05) is 15.9 Å². The van der Waals surface area contributed by atoms with Gasteiger partial charge in [0.25, 0.3) is 0 Å². The minimum Gasteiger partial charge on any atom is -0.472 e. The van der Waals surface area contributed by atoms with Crippen LogP contribution in [0.1, 0.15) is 5.56 Å². The monoisotopic (exact) mass is 407 g/mol. The van der Waals surface area contributed by atoms with Crippen LogP contribution in [0, 0.1) is 0 Å². The molecular formula is C11H8Br3NO. The second kappa shape index (κ2) is 5.38. The molecule has 16 heavy (non-hydrogen) atoms. The Bertz CT molecular complexity index is 459. The first-order valence-corrected chi connectivity index (χ1v) is 6.94. The third-order valence-electron chi connectivity index (χ3n) is 2.06. The van der Waals surface area contributed by atoms with Crippen molar-refractivity contribution < 1.29 is 4.42 Å². The highest BCUT2D eigenvalue weighted by molar-refractivity contribution is 9.11. The van der Waals surface area contributed by atoms with Crippen LogP contribution in [0.4, 0.5) is 5.69 Å².